The van der Waals surface area contributed by atoms with Crippen LogP contribution >= 0.6 is 0 Å². The molecular formula is C91H136O20. The van der Waals surface area contributed by atoms with Crippen LogP contribution < -0.4 is 18.9 Å². The fraction of sp³-hybridized carbons (Fsp3) is 0.648. The van der Waals surface area contributed by atoms with Crippen molar-refractivity contribution in [2.75, 3.05) is 26.4 Å². The van der Waals surface area contributed by atoms with Crippen molar-refractivity contribution in [3.05, 3.63) is 115 Å². The topological polar surface area (TPSA) is 247 Å². The lowest BCUT2D eigenvalue weighted by Gasteiger charge is -2.32. The van der Waals surface area contributed by atoms with Gasteiger partial charge in [-0.25, -0.2) is 19.2 Å². The molecule has 111 heavy (non-hydrogen) atoms. The predicted molar refractivity (Wildman–Crippen MR) is 433 cm³/mol. The average Bonchev–Trinajstić information content (AvgIpc) is 0.786. The molecule has 0 fully saturated rings. The molecular weight excluding hydrogens is 1410 g/mol. The maximum atomic E-state index is 14.7. The van der Waals surface area contributed by atoms with Gasteiger partial charge in [-0.3, -0.25) is 19.2 Å². The van der Waals surface area contributed by atoms with Crippen LogP contribution in [0.2, 0.25) is 0 Å². The zero-order chi connectivity index (χ0) is 85.2. The van der Waals surface area contributed by atoms with Crippen molar-refractivity contribution >= 4 is 48.3 Å². The van der Waals surface area contributed by atoms with Gasteiger partial charge >= 0.3 is 42.5 Å². The highest BCUT2D eigenvalue weighted by Gasteiger charge is 2.41. The van der Waals surface area contributed by atoms with Gasteiger partial charge in [-0.15, -0.1) is 0 Å². The molecule has 20 nitrogen and oxygen atoms in total. The molecule has 0 amide bonds. The minimum absolute atomic E-state index is 0.0732. The van der Waals surface area contributed by atoms with Gasteiger partial charge in [-0.1, -0.05) is 201 Å². The molecule has 0 radical (unpaired) electrons. The van der Waals surface area contributed by atoms with E-state index in [4.69, 9.17) is 56.8 Å². The third-order valence-electron chi connectivity index (χ3n) is 17.6. The Balaban J connectivity index is 1.91. The van der Waals surface area contributed by atoms with E-state index >= 15 is 0 Å². The number of benzene rings is 4. The van der Waals surface area contributed by atoms with E-state index in [-0.39, 0.29) is 51.4 Å². The van der Waals surface area contributed by atoms with Gasteiger partial charge in [-0.2, -0.15) is 0 Å². The highest BCUT2D eigenvalue weighted by Crippen LogP contribution is 2.46. The van der Waals surface area contributed by atoms with E-state index in [1.165, 1.54) is 0 Å². The summed E-state index contributed by atoms with van der Waals surface area (Å²) in [4.78, 5) is 112. The van der Waals surface area contributed by atoms with Crippen LogP contribution in [0.5, 0.6) is 23.0 Å². The van der Waals surface area contributed by atoms with E-state index in [2.05, 4.69) is 0 Å². The molecule has 0 heterocycles. The normalized spacial score (nSPS) is 13.0. The Bertz CT molecular complexity index is 3540. The zero-order valence-corrected chi connectivity index (χ0v) is 74.0. The van der Waals surface area contributed by atoms with Gasteiger partial charge in [0.15, 0.2) is 11.4 Å². The van der Waals surface area contributed by atoms with Crippen molar-refractivity contribution in [2.45, 2.75) is 359 Å². The fourth-order valence-electron chi connectivity index (χ4n) is 11.9. The Kier molecular flexibility index (Phi) is 31.3. The van der Waals surface area contributed by atoms with Gasteiger partial charge in [0.1, 0.15) is 71.8 Å². The van der Waals surface area contributed by atoms with Crippen LogP contribution in [-0.2, 0) is 127 Å². The summed E-state index contributed by atoms with van der Waals surface area (Å²) in [6.45, 7) is 62.3. The zero-order valence-electron chi connectivity index (χ0n) is 74.0. The number of hydrogen-bond donors (Lipinski definition) is 0. The summed E-state index contributed by atoms with van der Waals surface area (Å²) < 4.78 is 71.8. The van der Waals surface area contributed by atoms with E-state index in [0.717, 1.165) is 33.4 Å². The van der Waals surface area contributed by atoms with Crippen molar-refractivity contribution in [1.29, 1.82) is 0 Å². The molecule has 0 unspecified atom stereocenters. The first kappa shape index (κ1) is 95.4. The molecule has 20 heteroatoms. The molecule has 0 N–H and O–H groups in total. The summed E-state index contributed by atoms with van der Waals surface area (Å²) in [5.74, 6) is -1.06. The predicted octanol–water partition coefficient (Wildman–Crippen LogP) is 21.4. The molecule has 0 aromatic heterocycles. The maximum Gasteiger partial charge on any atom is 0.514 e. The number of carbonyl (C=O) groups is 8. The summed E-state index contributed by atoms with van der Waals surface area (Å²) in [6, 6.07) is 15.2. The van der Waals surface area contributed by atoms with Crippen molar-refractivity contribution < 1.29 is 95.2 Å². The second-order valence-corrected chi connectivity index (χ2v) is 40.6. The first-order valence-corrected chi connectivity index (χ1v) is 39.0. The molecule has 0 aliphatic heterocycles. The van der Waals surface area contributed by atoms with Crippen molar-refractivity contribution in [1.82, 2.24) is 0 Å². The Hall–Kier alpha value is -8.00. The van der Waals surface area contributed by atoms with Crippen LogP contribution in [-0.4, -0.2) is 103 Å². The van der Waals surface area contributed by atoms with Crippen LogP contribution in [0, 0.1) is 0 Å². The SMILES string of the molecule is CCc1cc(CCC(=O)OCC(COC(=O)CCc2cc(C(C)(C)C)c(OC(=O)OC(C)(C)C)c(C(C)(C)C)c2)(COC(=O)CCc2cc(C(C)(C)C)c(OC(=O)OC(C)(C)C)c(C(C)(C)C)c2)OCC(=O)CCc2cc(C(C)(C)C)c(OC(=O)OC(C)(C)C)c(C(C)(C)C)c2)cc(C(C)(C)C)c1OC(=O)OC(C)(C)C. The summed E-state index contributed by atoms with van der Waals surface area (Å²) in [5, 5.41) is 0. The van der Waals surface area contributed by atoms with E-state index in [0.29, 0.717) is 62.8 Å². The molecule has 620 valence electrons. The highest BCUT2D eigenvalue weighted by molar-refractivity contribution is 5.80. The molecule has 0 spiro atoms. The van der Waals surface area contributed by atoms with Crippen molar-refractivity contribution in [2.24, 2.45) is 0 Å². The summed E-state index contributed by atoms with van der Waals surface area (Å²) in [6.07, 6.45) is -2.87. The Morgan fingerprint density at radius 3 is 0.703 bits per heavy atom. The van der Waals surface area contributed by atoms with Gasteiger partial charge < -0.3 is 56.8 Å². The highest BCUT2D eigenvalue weighted by atomic mass is 16.8. The second kappa shape index (κ2) is 36.4. The maximum absolute atomic E-state index is 14.7. The smallest absolute Gasteiger partial charge is 0.462 e. The average molecular weight is 1550 g/mol. The van der Waals surface area contributed by atoms with Gasteiger partial charge in [0.25, 0.3) is 0 Å². The van der Waals surface area contributed by atoms with E-state index in [9.17, 15) is 38.4 Å². The van der Waals surface area contributed by atoms with Crippen molar-refractivity contribution in [3.8, 4) is 23.0 Å². The van der Waals surface area contributed by atoms with Gasteiger partial charge in [-0.05, 0) is 181 Å². The Morgan fingerprint density at radius 2 is 0.486 bits per heavy atom. The van der Waals surface area contributed by atoms with Gasteiger partial charge in [0.2, 0.25) is 0 Å². The minimum atomic E-state index is -2.01. The lowest BCUT2D eigenvalue weighted by molar-refractivity contribution is -0.187. The minimum Gasteiger partial charge on any atom is -0.462 e. The summed E-state index contributed by atoms with van der Waals surface area (Å²) >= 11 is 0. The molecule has 4 aromatic carbocycles. The second-order valence-electron chi connectivity index (χ2n) is 40.6. The monoisotopic (exact) mass is 1550 g/mol. The third kappa shape index (κ3) is 31.5. The number of Topliss-reactive ketones (excluding diaryl/α,β-unsaturated/α-hetero) is 1. The molecule has 0 saturated carbocycles. The number of rotatable bonds is 26. The van der Waals surface area contributed by atoms with Crippen LogP contribution in [0.25, 0.3) is 0 Å². The lowest BCUT2D eigenvalue weighted by atomic mass is 9.78. The van der Waals surface area contributed by atoms with Gasteiger partial charge in [0.05, 0.1) is 0 Å². The molecule has 0 saturated heterocycles. The quantitative estimate of drug-likeness (QED) is 0.0322. The first-order chi connectivity index (χ1) is 50.1. The molecule has 0 aliphatic rings. The third-order valence-corrected chi connectivity index (χ3v) is 17.6. The summed E-state index contributed by atoms with van der Waals surface area (Å²) in [7, 11) is 0. The largest absolute Gasteiger partial charge is 0.514 e. The van der Waals surface area contributed by atoms with Crippen LogP contribution in [0.15, 0.2) is 48.5 Å². The van der Waals surface area contributed by atoms with E-state index in [1.54, 1.807) is 83.1 Å². The lowest BCUT2D eigenvalue weighted by Crippen LogP contribution is -2.49. The van der Waals surface area contributed by atoms with E-state index in [1.807, 2.05) is 201 Å². The van der Waals surface area contributed by atoms with E-state index < -0.39 is 141 Å². The Labute approximate surface area is 664 Å². The summed E-state index contributed by atoms with van der Waals surface area (Å²) in [5.41, 5.74) is -0.489. The number of carbonyl (C=O) groups excluding carboxylic acids is 8. The first-order valence-electron chi connectivity index (χ1n) is 39.0. The standard InChI is InChI=1S/C91H136O20/c1-35-60-44-56(45-62(80(2,3)4)72(60)104-76(96)108-87(23,24)25)37-41-69(93)100-53-91(54-101-70(94)42-38-58-48-65(83(11,12)13)74(66(49-58)84(14,15)16)106-78(98)110-89(29,30)31,55-102-71(95)43-39-59-50-67(85(17,18)19)75(68(51-59)86(20,21)22)107-79(99)111-90(32,33)34)103-52-61(92)40-36-57-46-63(81(5,6)7)73(64(47-57)82(8,9)10)105-77(97)109-88(26,27)28/h44-51H,35-43,52-55H2,1-34H3. The Morgan fingerprint density at radius 1 is 0.279 bits per heavy atom. The fourth-order valence-corrected chi connectivity index (χ4v) is 11.9. The van der Waals surface area contributed by atoms with Gasteiger partial charge in [0, 0.05) is 64.6 Å². The number of aryl methyl sites for hydroxylation is 5. The van der Waals surface area contributed by atoms with Crippen LogP contribution in [0.3, 0.4) is 0 Å². The molecule has 4 aromatic rings. The molecule has 0 atom stereocenters. The molecule has 0 aliphatic carbocycles. The number of ether oxygens (including phenoxy) is 12. The number of hydrogen-bond acceptors (Lipinski definition) is 20. The van der Waals surface area contributed by atoms with Crippen molar-refractivity contribution in [3.63, 3.8) is 0 Å². The molecule has 4 rings (SSSR count). The molecule has 0 bridgehead atoms. The van der Waals surface area contributed by atoms with Crippen LogP contribution in [0.1, 0.15) is 328 Å². The van der Waals surface area contributed by atoms with Crippen LogP contribution in [0.4, 0.5) is 19.2 Å². The number of ketones is 1. The number of esters is 3.